The number of benzene rings is 2. The van der Waals surface area contributed by atoms with Gasteiger partial charge in [-0.25, -0.2) is 4.39 Å². The first-order valence-electron chi connectivity index (χ1n) is 6.23. The van der Waals surface area contributed by atoms with Gasteiger partial charge >= 0.3 is 0 Å². The molecule has 1 atom stereocenters. The predicted octanol–water partition coefficient (Wildman–Crippen LogP) is 3.45. The van der Waals surface area contributed by atoms with Gasteiger partial charge in [0, 0.05) is 0 Å². The van der Waals surface area contributed by atoms with Crippen molar-refractivity contribution in [3.8, 4) is 5.75 Å². The first-order chi connectivity index (χ1) is 9.15. The van der Waals surface area contributed by atoms with Crippen molar-refractivity contribution < 1.29 is 9.13 Å². The Hall–Kier alpha value is -1.87. The Bertz CT molecular complexity index is 551. The van der Waals surface area contributed by atoms with Crippen LogP contribution in [0.1, 0.15) is 22.7 Å². The number of ether oxygens (including phenoxy) is 1. The van der Waals surface area contributed by atoms with Gasteiger partial charge in [0.1, 0.15) is 11.6 Å². The van der Waals surface area contributed by atoms with E-state index in [1.807, 2.05) is 44.3 Å². The summed E-state index contributed by atoms with van der Waals surface area (Å²) in [4.78, 5) is 0. The summed E-state index contributed by atoms with van der Waals surface area (Å²) in [5, 5.41) is 3.27. The van der Waals surface area contributed by atoms with Gasteiger partial charge in [0.15, 0.2) is 0 Å². The van der Waals surface area contributed by atoms with Crippen LogP contribution < -0.4 is 10.1 Å². The van der Waals surface area contributed by atoms with E-state index in [1.54, 1.807) is 13.2 Å². The lowest BCUT2D eigenvalue weighted by molar-refractivity contribution is 0.414. The summed E-state index contributed by atoms with van der Waals surface area (Å²) in [6, 6.07) is 12.8. The van der Waals surface area contributed by atoms with Gasteiger partial charge in [-0.3, -0.25) is 0 Å². The molecule has 2 aromatic rings. The largest absolute Gasteiger partial charge is 0.497 e. The van der Waals surface area contributed by atoms with E-state index in [9.17, 15) is 4.39 Å². The molecule has 1 unspecified atom stereocenters. The first-order valence-corrected chi connectivity index (χ1v) is 6.23. The molecule has 0 spiro atoms. The van der Waals surface area contributed by atoms with Gasteiger partial charge in [-0.15, -0.1) is 0 Å². The van der Waals surface area contributed by atoms with Gasteiger partial charge in [-0.1, -0.05) is 18.2 Å². The average molecular weight is 259 g/mol. The van der Waals surface area contributed by atoms with Crippen LogP contribution in [-0.4, -0.2) is 14.2 Å². The molecule has 0 amide bonds. The SMILES string of the molecule is CNC(c1ccc(OC)cc1)c1ccc(F)cc1C. The van der Waals surface area contributed by atoms with Crippen LogP contribution in [0.5, 0.6) is 5.75 Å². The number of nitrogens with one attached hydrogen (secondary N) is 1. The summed E-state index contributed by atoms with van der Waals surface area (Å²) in [6.07, 6.45) is 0. The summed E-state index contributed by atoms with van der Waals surface area (Å²) in [6.45, 7) is 1.92. The van der Waals surface area contributed by atoms with Crippen LogP contribution in [0.2, 0.25) is 0 Å². The Balaban J connectivity index is 2.37. The molecule has 0 bridgehead atoms. The van der Waals surface area contributed by atoms with Gasteiger partial charge in [0.2, 0.25) is 0 Å². The molecule has 2 nitrogen and oxygen atoms in total. The minimum atomic E-state index is -0.203. The molecule has 0 aliphatic heterocycles. The Morgan fingerprint density at radius 2 is 1.79 bits per heavy atom. The van der Waals surface area contributed by atoms with E-state index in [2.05, 4.69) is 5.32 Å². The molecule has 0 saturated carbocycles. The second kappa shape index (κ2) is 5.85. The van der Waals surface area contributed by atoms with Crippen molar-refractivity contribution in [1.29, 1.82) is 0 Å². The van der Waals surface area contributed by atoms with Crippen molar-refractivity contribution in [3.05, 3.63) is 65.0 Å². The Morgan fingerprint density at radius 3 is 2.32 bits per heavy atom. The minimum absolute atomic E-state index is 0.0477. The van der Waals surface area contributed by atoms with Gasteiger partial charge in [-0.05, 0) is 54.9 Å². The van der Waals surface area contributed by atoms with E-state index in [-0.39, 0.29) is 11.9 Å². The molecule has 1 N–H and O–H groups in total. The maximum Gasteiger partial charge on any atom is 0.123 e. The van der Waals surface area contributed by atoms with Crippen LogP contribution in [0.15, 0.2) is 42.5 Å². The number of aryl methyl sites for hydroxylation is 1. The Kier molecular flexibility index (Phi) is 4.17. The second-order valence-corrected chi connectivity index (χ2v) is 4.50. The molecule has 0 aliphatic carbocycles. The highest BCUT2D eigenvalue weighted by Crippen LogP contribution is 2.26. The summed E-state index contributed by atoms with van der Waals surface area (Å²) in [7, 11) is 3.55. The monoisotopic (exact) mass is 259 g/mol. The maximum atomic E-state index is 13.2. The highest BCUT2D eigenvalue weighted by Gasteiger charge is 2.14. The second-order valence-electron chi connectivity index (χ2n) is 4.50. The van der Waals surface area contributed by atoms with E-state index < -0.39 is 0 Å². The van der Waals surface area contributed by atoms with Gasteiger partial charge < -0.3 is 10.1 Å². The van der Waals surface area contributed by atoms with Crippen molar-refractivity contribution in [2.24, 2.45) is 0 Å². The molecule has 3 heteroatoms. The van der Waals surface area contributed by atoms with E-state index in [0.717, 1.165) is 22.4 Å². The summed E-state index contributed by atoms with van der Waals surface area (Å²) < 4.78 is 18.3. The number of halogens is 1. The lowest BCUT2D eigenvalue weighted by Gasteiger charge is -2.19. The zero-order valence-electron chi connectivity index (χ0n) is 11.4. The van der Waals surface area contributed by atoms with E-state index in [4.69, 9.17) is 4.74 Å². The summed E-state index contributed by atoms with van der Waals surface area (Å²) in [5.74, 6) is 0.625. The van der Waals surface area contributed by atoms with Crippen molar-refractivity contribution in [2.75, 3.05) is 14.2 Å². The molecular weight excluding hydrogens is 241 g/mol. The van der Waals surface area contributed by atoms with Crippen LogP contribution in [0, 0.1) is 12.7 Å². The molecule has 0 radical (unpaired) electrons. The molecular formula is C16H18FNO. The maximum absolute atomic E-state index is 13.2. The molecule has 0 aromatic heterocycles. The highest BCUT2D eigenvalue weighted by molar-refractivity contribution is 5.39. The third-order valence-corrected chi connectivity index (χ3v) is 3.28. The molecule has 19 heavy (non-hydrogen) atoms. The first kappa shape index (κ1) is 13.6. The molecule has 2 aromatic carbocycles. The lowest BCUT2D eigenvalue weighted by Crippen LogP contribution is -2.18. The molecule has 0 aliphatic rings. The van der Waals surface area contributed by atoms with Gasteiger partial charge in [0.25, 0.3) is 0 Å². The number of rotatable bonds is 4. The fourth-order valence-corrected chi connectivity index (χ4v) is 2.26. The molecule has 0 heterocycles. The Labute approximate surface area is 113 Å². The van der Waals surface area contributed by atoms with Crippen LogP contribution in [0.25, 0.3) is 0 Å². The topological polar surface area (TPSA) is 21.3 Å². The quantitative estimate of drug-likeness (QED) is 0.908. The van der Waals surface area contributed by atoms with Crippen LogP contribution >= 0.6 is 0 Å². The summed E-state index contributed by atoms with van der Waals surface area (Å²) in [5.41, 5.74) is 3.14. The average Bonchev–Trinajstić information content (AvgIpc) is 2.42. The third-order valence-electron chi connectivity index (χ3n) is 3.28. The predicted molar refractivity (Wildman–Crippen MR) is 75.0 cm³/mol. The van der Waals surface area contributed by atoms with Crippen molar-refractivity contribution >= 4 is 0 Å². The van der Waals surface area contributed by atoms with Crippen LogP contribution in [0.4, 0.5) is 4.39 Å². The van der Waals surface area contributed by atoms with Gasteiger partial charge in [0.05, 0.1) is 13.2 Å². The van der Waals surface area contributed by atoms with Crippen LogP contribution in [0.3, 0.4) is 0 Å². The minimum Gasteiger partial charge on any atom is -0.497 e. The molecule has 0 fully saturated rings. The number of methoxy groups -OCH3 is 1. The van der Waals surface area contributed by atoms with Crippen molar-refractivity contribution in [3.63, 3.8) is 0 Å². The molecule has 2 rings (SSSR count). The van der Waals surface area contributed by atoms with E-state index >= 15 is 0 Å². The fraction of sp³-hybridized carbons (Fsp3) is 0.250. The van der Waals surface area contributed by atoms with Gasteiger partial charge in [-0.2, -0.15) is 0 Å². The van der Waals surface area contributed by atoms with Crippen LogP contribution in [-0.2, 0) is 0 Å². The normalized spacial score (nSPS) is 12.2. The molecule has 0 saturated heterocycles. The zero-order chi connectivity index (χ0) is 13.8. The lowest BCUT2D eigenvalue weighted by atomic mass is 9.95. The summed E-state index contributed by atoms with van der Waals surface area (Å²) >= 11 is 0. The third kappa shape index (κ3) is 2.93. The fourth-order valence-electron chi connectivity index (χ4n) is 2.26. The zero-order valence-corrected chi connectivity index (χ0v) is 11.4. The van der Waals surface area contributed by atoms with E-state index in [0.29, 0.717) is 0 Å². The number of hydrogen-bond donors (Lipinski definition) is 1. The Morgan fingerprint density at radius 1 is 1.11 bits per heavy atom. The van der Waals surface area contributed by atoms with Crippen molar-refractivity contribution in [1.82, 2.24) is 5.32 Å². The van der Waals surface area contributed by atoms with Crippen molar-refractivity contribution in [2.45, 2.75) is 13.0 Å². The van der Waals surface area contributed by atoms with E-state index in [1.165, 1.54) is 6.07 Å². The smallest absolute Gasteiger partial charge is 0.123 e. The number of hydrogen-bond acceptors (Lipinski definition) is 2. The highest BCUT2D eigenvalue weighted by atomic mass is 19.1. The molecule has 100 valence electrons. The standard InChI is InChI=1S/C16H18FNO/c1-11-10-13(17)6-9-15(11)16(18-2)12-4-7-14(19-3)8-5-12/h4-10,16,18H,1-3H3.